The molecule has 2 aromatic rings. The fraction of sp³-hybridized carbons (Fsp3) is 0.286. The van der Waals surface area contributed by atoms with Gasteiger partial charge in [0.1, 0.15) is 11.9 Å². The first-order chi connectivity index (χ1) is 8.74. The fourth-order valence-corrected chi connectivity index (χ4v) is 2.70. The average Bonchev–Trinajstić information content (AvgIpc) is 2.84. The number of aryl methyl sites for hydroxylation is 1. The minimum Gasteiger partial charge on any atom is -0.452 e. The molecule has 0 saturated carbocycles. The molecule has 1 aliphatic heterocycles. The lowest BCUT2D eigenvalue weighted by atomic mass is 9.94. The second kappa shape index (κ2) is 4.78. The summed E-state index contributed by atoms with van der Waals surface area (Å²) in [6.07, 6.45) is 1.26. The largest absolute Gasteiger partial charge is 0.452 e. The summed E-state index contributed by atoms with van der Waals surface area (Å²) in [5, 5.41) is 13.7. The minimum atomic E-state index is -0.621. The van der Waals surface area contributed by atoms with Crippen LogP contribution in [0.5, 0.6) is 0 Å². The lowest BCUT2D eigenvalue weighted by Gasteiger charge is -2.29. The molecule has 0 spiro atoms. The Morgan fingerprint density at radius 1 is 1.28 bits per heavy atom. The van der Waals surface area contributed by atoms with Crippen LogP contribution < -0.4 is 5.32 Å². The first-order valence-corrected chi connectivity index (χ1v) is 6.81. The SMILES string of the molecule is OC(c1ccc(Br)o1)C1CCc2ccccc2N1. The van der Waals surface area contributed by atoms with E-state index >= 15 is 0 Å². The molecular weight excluding hydrogens is 294 g/mol. The number of fused-ring (bicyclic) bond motifs is 1. The van der Waals surface area contributed by atoms with E-state index in [9.17, 15) is 5.11 Å². The van der Waals surface area contributed by atoms with Gasteiger partial charge in [-0.2, -0.15) is 0 Å². The highest BCUT2D eigenvalue weighted by Crippen LogP contribution is 2.31. The van der Waals surface area contributed by atoms with Crippen LogP contribution in [0.25, 0.3) is 0 Å². The number of furan rings is 1. The Hall–Kier alpha value is -1.26. The minimum absolute atomic E-state index is 0.00190. The van der Waals surface area contributed by atoms with Crippen LogP contribution in [0.1, 0.15) is 23.8 Å². The number of rotatable bonds is 2. The van der Waals surface area contributed by atoms with Crippen molar-refractivity contribution < 1.29 is 9.52 Å². The number of benzene rings is 1. The third kappa shape index (κ3) is 2.18. The summed E-state index contributed by atoms with van der Waals surface area (Å²) in [5.74, 6) is 0.596. The normalized spacial score (nSPS) is 20.0. The van der Waals surface area contributed by atoms with Gasteiger partial charge >= 0.3 is 0 Å². The standard InChI is InChI=1S/C14H14BrNO2/c15-13-8-7-12(18-13)14(17)11-6-5-9-3-1-2-4-10(9)16-11/h1-4,7-8,11,14,16-17H,5-6H2. The Kier molecular flexibility index (Phi) is 3.14. The number of aliphatic hydroxyl groups is 1. The van der Waals surface area contributed by atoms with E-state index in [0.717, 1.165) is 18.5 Å². The zero-order valence-electron chi connectivity index (χ0n) is 9.77. The van der Waals surface area contributed by atoms with Gasteiger partial charge in [-0.15, -0.1) is 0 Å². The number of halogens is 1. The molecule has 2 atom stereocenters. The maximum Gasteiger partial charge on any atom is 0.169 e. The Balaban J connectivity index is 1.79. The number of anilines is 1. The molecule has 0 saturated heterocycles. The maximum atomic E-state index is 10.3. The van der Waals surface area contributed by atoms with E-state index in [-0.39, 0.29) is 6.04 Å². The number of hydrogen-bond donors (Lipinski definition) is 2. The quantitative estimate of drug-likeness (QED) is 0.892. The second-order valence-corrected chi connectivity index (χ2v) is 5.31. The van der Waals surface area contributed by atoms with Gasteiger partial charge in [0, 0.05) is 5.69 Å². The molecule has 1 aliphatic rings. The smallest absolute Gasteiger partial charge is 0.169 e. The molecule has 0 bridgehead atoms. The summed E-state index contributed by atoms with van der Waals surface area (Å²) < 4.78 is 6.06. The van der Waals surface area contributed by atoms with Crippen LogP contribution in [0.3, 0.4) is 0 Å². The van der Waals surface area contributed by atoms with Crippen molar-refractivity contribution >= 4 is 21.6 Å². The Morgan fingerprint density at radius 2 is 2.11 bits per heavy atom. The molecule has 18 heavy (non-hydrogen) atoms. The summed E-state index contributed by atoms with van der Waals surface area (Å²) >= 11 is 3.25. The molecule has 94 valence electrons. The highest BCUT2D eigenvalue weighted by Gasteiger charge is 2.27. The fourth-order valence-electron chi connectivity index (χ4n) is 2.38. The molecule has 2 N–H and O–H groups in total. The highest BCUT2D eigenvalue weighted by atomic mass is 79.9. The van der Waals surface area contributed by atoms with Crippen LogP contribution in [0.2, 0.25) is 0 Å². The van der Waals surface area contributed by atoms with Crippen molar-refractivity contribution in [3.05, 3.63) is 52.4 Å². The molecule has 1 aromatic carbocycles. The summed E-state index contributed by atoms with van der Waals surface area (Å²) in [7, 11) is 0. The molecular formula is C14H14BrNO2. The first kappa shape index (κ1) is 11.8. The van der Waals surface area contributed by atoms with Gasteiger partial charge in [-0.05, 0) is 52.5 Å². The van der Waals surface area contributed by atoms with Gasteiger partial charge in [0.05, 0.1) is 6.04 Å². The van der Waals surface area contributed by atoms with Crippen LogP contribution >= 0.6 is 15.9 Å². The Labute approximate surface area is 114 Å². The van der Waals surface area contributed by atoms with Crippen molar-refractivity contribution in [3.63, 3.8) is 0 Å². The molecule has 4 heteroatoms. The lowest BCUT2D eigenvalue weighted by molar-refractivity contribution is 0.122. The van der Waals surface area contributed by atoms with E-state index in [1.807, 2.05) is 18.2 Å². The van der Waals surface area contributed by atoms with E-state index in [2.05, 4.69) is 27.3 Å². The average molecular weight is 308 g/mol. The van der Waals surface area contributed by atoms with Gasteiger partial charge in [-0.1, -0.05) is 18.2 Å². The molecule has 2 heterocycles. The topological polar surface area (TPSA) is 45.4 Å². The first-order valence-electron chi connectivity index (χ1n) is 6.02. The monoisotopic (exact) mass is 307 g/mol. The van der Waals surface area contributed by atoms with Crippen molar-refractivity contribution in [2.24, 2.45) is 0 Å². The summed E-state index contributed by atoms with van der Waals surface area (Å²) in [5.41, 5.74) is 2.42. The van der Waals surface area contributed by atoms with Gasteiger partial charge in [0.2, 0.25) is 0 Å². The van der Waals surface area contributed by atoms with Gasteiger partial charge in [-0.3, -0.25) is 0 Å². The lowest BCUT2D eigenvalue weighted by Crippen LogP contribution is -2.31. The molecule has 0 aliphatic carbocycles. The predicted octanol–water partition coefficient (Wildman–Crippen LogP) is 3.50. The second-order valence-electron chi connectivity index (χ2n) is 4.53. The van der Waals surface area contributed by atoms with Crippen molar-refractivity contribution in [1.82, 2.24) is 0 Å². The Morgan fingerprint density at radius 3 is 2.89 bits per heavy atom. The van der Waals surface area contributed by atoms with Gasteiger partial charge in [0.25, 0.3) is 0 Å². The Bertz CT molecular complexity index is 552. The highest BCUT2D eigenvalue weighted by molar-refractivity contribution is 9.10. The van der Waals surface area contributed by atoms with Gasteiger partial charge in [-0.25, -0.2) is 0 Å². The van der Waals surface area contributed by atoms with Crippen molar-refractivity contribution in [1.29, 1.82) is 0 Å². The van der Waals surface area contributed by atoms with E-state index in [1.54, 1.807) is 12.1 Å². The van der Waals surface area contributed by atoms with Crippen LogP contribution in [0.4, 0.5) is 5.69 Å². The number of aliphatic hydroxyl groups excluding tert-OH is 1. The maximum absolute atomic E-state index is 10.3. The van der Waals surface area contributed by atoms with E-state index < -0.39 is 6.10 Å². The molecule has 2 unspecified atom stereocenters. The predicted molar refractivity (Wildman–Crippen MR) is 73.5 cm³/mol. The molecule has 3 nitrogen and oxygen atoms in total. The van der Waals surface area contributed by atoms with Gasteiger partial charge in [0.15, 0.2) is 4.67 Å². The van der Waals surface area contributed by atoms with E-state index in [1.165, 1.54) is 5.56 Å². The number of nitrogens with one attached hydrogen (secondary N) is 1. The van der Waals surface area contributed by atoms with E-state index in [4.69, 9.17) is 4.42 Å². The van der Waals surface area contributed by atoms with Crippen LogP contribution in [0, 0.1) is 0 Å². The third-order valence-corrected chi connectivity index (χ3v) is 3.78. The third-order valence-electron chi connectivity index (χ3n) is 3.35. The summed E-state index contributed by atoms with van der Waals surface area (Å²) in [6, 6.07) is 11.8. The van der Waals surface area contributed by atoms with Crippen LogP contribution in [0.15, 0.2) is 45.5 Å². The number of hydrogen-bond acceptors (Lipinski definition) is 3. The summed E-state index contributed by atoms with van der Waals surface area (Å²) in [4.78, 5) is 0. The van der Waals surface area contributed by atoms with Crippen LogP contribution in [-0.4, -0.2) is 11.1 Å². The molecule has 0 amide bonds. The molecule has 1 aromatic heterocycles. The van der Waals surface area contributed by atoms with Crippen LogP contribution in [-0.2, 0) is 6.42 Å². The van der Waals surface area contributed by atoms with Crippen molar-refractivity contribution in [2.75, 3.05) is 5.32 Å². The van der Waals surface area contributed by atoms with Crippen molar-refractivity contribution in [2.45, 2.75) is 25.0 Å². The molecule has 0 fully saturated rings. The molecule has 0 radical (unpaired) electrons. The zero-order chi connectivity index (χ0) is 12.5. The zero-order valence-corrected chi connectivity index (χ0v) is 11.4. The summed E-state index contributed by atoms with van der Waals surface area (Å²) in [6.45, 7) is 0. The van der Waals surface area contributed by atoms with Crippen molar-refractivity contribution in [3.8, 4) is 0 Å². The molecule has 3 rings (SSSR count). The van der Waals surface area contributed by atoms with Gasteiger partial charge < -0.3 is 14.8 Å². The van der Waals surface area contributed by atoms with E-state index in [0.29, 0.717) is 10.4 Å². The number of para-hydroxylation sites is 1.